The average molecular weight is 1060 g/mol. The third kappa shape index (κ3) is 20.7. The second kappa shape index (κ2) is 29.9. The molecule has 362 valence electrons. The standard InChI is InChI=1S/C26H34N2O3S.C26H31N2O3S.CH3.ClH.Ru/c2*1-20-14-15-22(18-21(20)2)19-31-17-16-27-25(23-10-6-4-7-11-23)26(28-32(3,29)30)24-12-8-5-9-13-24;;;/h4-13,15,25-28H,14,16-19H2,1-3H3;4-15,18,25-27H,16-17,19H2,1-3H3;1H3;1H;/q;2*-1;;+4/p-1/t25-,26-;25-,26?;;;/m11.../s1. The average Bonchev–Trinajstić information content (AvgIpc) is 3.31. The third-order valence-electron chi connectivity index (χ3n) is 11.2. The molecule has 0 amide bonds. The van der Waals surface area contributed by atoms with Crippen LogP contribution >= 0.6 is 9.69 Å². The zero-order valence-corrected chi connectivity index (χ0v) is 43.9. The Kier molecular flexibility index (Phi) is 25.7. The molecule has 0 aliphatic heterocycles. The Morgan fingerprint density at radius 2 is 1.06 bits per heavy atom. The monoisotopic (exact) mass is 1060 g/mol. The summed E-state index contributed by atoms with van der Waals surface area (Å²) in [5.74, 6) is 0. The van der Waals surface area contributed by atoms with Crippen LogP contribution in [-0.2, 0) is 53.4 Å². The molecule has 1 aliphatic rings. The van der Waals surface area contributed by atoms with E-state index in [1.54, 1.807) is 0 Å². The van der Waals surface area contributed by atoms with Crippen molar-refractivity contribution in [2.45, 2.75) is 71.3 Å². The molecule has 67 heavy (non-hydrogen) atoms. The molecule has 10 nitrogen and oxygen atoms in total. The van der Waals surface area contributed by atoms with Crippen LogP contribution in [0.3, 0.4) is 0 Å². The fourth-order valence-corrected chi connectivity index (χ4v) is 8.95. The molecule has 0 radical (unpaired) electrons. The number of ether oxygens (including phenoxy) is 2. The molecule has 6 rings (SSSR count). The van der Waals surface area contributed by atoms with Gasteiger partial charge in [0.05, 0.1) is 54.8 Å². The van der Waals surface area contributed by atoms with Gasteiger partial charge in [-0.25, -0.2) is 21.6 Å². The van der Waals surface area contributed by atoms with Crippen LogP contribution in [0.4, 0.5) is 0 Å². The Hall–Kier alpha value is -3.85. The summed E-state index contributed by atoms with van der Waals surface area (Å²) in [7, 11) is -2.40. The predicted molar refractivity (Wildman–Crippen MR) is 273 cm³/mol. The topological polar surface area (TPSA) is 137 Å². The molecule has 0 saturated heterocycles. The van der Waals surface area contributed by atoms with Crippen LogP contribution in [0.1, 0.15) is 89.8 Å². The maximum absolute atomic E-state index is 12.2. The van der Waals surface area contributed by atoms with Gasteiger partial charge in [0.25, 0.3) is 0 Å². The maximum atomic E-state index is 12.2. The van der Waals surface area contributed by atoms with Crippen molar-refractivity contribution in [3.63, 3.8) is 0 Å². The summed E-state index contributed by atoms with van der Waals surface area (Å²) >= 11 is 1.82. The van der Waals surface area contributed by atoms with Gasteiger partial charge in [-0.05, 0) is 79.5 Å². The molecule has 0 heterocycles. The second-order valence-electron chi connectivity index (χ2n) is 16.5. The number of rotatable bonds is 22. The summed E-state index contributed by atoms with van der Waals surface area (Å²) in [5.41, 5.74) is 11.6. The quantitative estimate of drug-likeness (QED) is 0.0270. The molecule has 0 aromatic heterocycles. The SMILES string of the molecule is CC1=C(C)CC(COCCN[C@H](c2ccccc2)[C@H](NS(C)(=O)=O)c2ccccc2)=CC1.Cc1ccc(COCCN[C@H](c2ccccc2)C([N-]S(C)(=O)=O)c2ccccc2)cc1C.[CH3-].[Cl][Ru+3]. The van der Waals surface area contributed by atoms with E-state index in [4.69, 9.17) is 9.47 Å². The van der Waals surface area contributed by atoms with Crippen molar-refractivity contribution < 1.29 is 43.6 Å². The number of allylic oxidation sites excluding steroid dienone is 3. The van der Waals surface area contributed by atoms with Gasteiger partial charge >= 0.3 is 27.0 Å². The zero-order valence-electron chi connectivity index (χ0n) is 39.8. The molecule has 0 fully saturated rings. The fourth-order valence-electron chi connectivity index (χ4n) is 7.56. The summed E-state index contributed by atoms with van der Waals surface area (Å²) in [6, 6.07) is 43.7. The van der Waals surface area contributed by atoms with Crippen LogP contribution in [-0.4, -0.2) is 62.3 Å². The summed E-state index contributed by atoms with van der Waals surface area (Å²) in [5, 5.41) is 7.01. The third-order valence-corrected chi connectivity index (χ3v) is 12.5. The number of nitrogens with one attached hydrogen (secondary N) is 3. The van der Waals surface area contributed by atoms with Crippen molar-refractivity contribution in [3.05, 3.63) is 213 Å². The van der Waals surface area contributed by atoms with E-state index < -0.39 is 32.1 Å². The minimum atomic E-state index is -3.55. The van der Waals surface area contributed by atoms with Crippen LogP contribution in [0.5, 0.6) is 0 Å². The molecule has 5 aromatic rings. The van der Waals surface area contributed by atoms with E-state index in [1.165, 1.54) is 34.1 Å². The van der Waals surface area contributed by atoms with Gasteiger partial charge in [0.2, 0.25) is 10.0 Å². The second-order valence-corrected chi connectivity index (χ2v) is 19.9. The Labute approximate surface area is 416 Å². The normalized spacial score (nSPS) is 14.5. The van der Waals surface area contributed by atoms with Gasteiger partial charge in [0.15, 0.2) is 0 Å². The molecule has 0 spiro atoms. The predicted octanol–water partition coefficient (Wildman–Crippen LogP) is 11.0. The first-order valence-corrected chi connectivity index (χ1v) is 27.9. The van der Waals surface area contributed by atoms with Gasteiger partial charge in [-0.1, -0.05) is 168 Å². The van der Waals surface area contributed by atoms with Crippen molar-refractivity contribution >= 4 is 29.7 Å². The van der Waals surface area contributed by atoms with Gasteiger partial charge in [-0.3, -0.25) is 0 Å². The number of benzene rings is 5. The van der Waals surface area contributed by atoms with Crippen molar-refractivity contribution in [1.29, 1.82) is 0 Å². The van der Waals surface area contributed by atoms with Gasteiger partial charge < -0.3 is 32.3 Å². The molecule has 14 heteroatoms. The molecule has 0 saturated carbocycles. The van der Waals surface area contributed by atoms with E-state index in [2.05, 4.69) is 81.7 Å². The Bertz CT molecular complexity index is 2480. The Morgan fingerprint density at radius 3 is 1.54 bits per heavy atom. The van der Waals surface area contributed by atoms with Crippen LogP contribution in [0.2, 0.25) is 0 Å². The minimum absolute atomic E-state index is 0. The van der Waals surface area contributed by atoms with E-state index in [9.17, 15) is 16.8 Å². The molecular formula is C53H68ClN4O6RuS2+. The summed E-state index contributed by atoms with van der Waals surface area (Å²) in [4.78, 5) is 0. The van der Waals surface area contributed by atoms with Gasteiger partial charge in [-0.2, -0.15) is 0 Å². The van der Waals surface area contributed by atoms with Crippen molar-refractivity contribution in [2.24, 2.45) is 0 Å². The molecule has 0 bridgehead atoms. The van der Waals surface area contributed by atoms with E-state index in [1.807, 2.05) is 139 Å². The molecule has 3 N–H and O–H groups in total. The fraction of sp³-hybridized carbons (Fsp3) is 0.340. The first kappa shape index (κ1) is 57.5. The van der Waals surface area contributed by atoms with Crippen LogP contribution in [0.15, 0.2) is 162 Å². The van der Waals surface area contributed by atoms with E-state index in [0.29, 0.717) is 39.5 Å². The first-order chi connectivity index (χ1) is 31.7. The van der Waals surface area contributed by atoms with E-state index in [0.717, 1.165) is 46.9 Å². The zero-order chi connectivity index (χ0) is 48.0. The number of aryl methyl sites for hydroxylation is 2. The summed E-state index contributed by atoms with van der Waals surface area (Å²) < 4.78 is 67.4. The number of hydrogen-bond donors (Lipinski definition) is 3. The molecule has 1 aliphatic carbocycles. The number of halogens is 1. The molecule has 1 unspecified atom stereocenters. The van der Waals surface area contributed by atoms with Crippen LogP contribution in [0.25, 0.3) is 4.72 Å². The van der Waals surface area contributed by atoms with E-state index >= 15 is 0 Å². The molecule has 4 atom stereocenters. The number of sulfonamides is 2. The number of hydrogen-bond acceptors (Lipinski definition) is 8. The van der Waals surface area contributed by atoms with Crippen molar-refractivity contribution in [1.82, 2.24) is 15.4 Å². The van der Waals surface area contributed by atoms with Crippen LogP contribution in [0, 0.1) is 21.3 Å². The van der Waals surface area contributed by atoms with Crippen LogP contribution < -0.4 is 15.4 Å². The van der Waals surface area contributed by atoms with Crippen molar-refractivity contribution in [3.8, 4) is 0 Å². The Balaban J connectivity index is 0.000000338. The Morgan fingerprint density at radius 1 is 0.597 bits per heavy atom. The number of nitrogens with zero attached hydrogens (tertiary/aromatic N) is 1. The van der Waals surface area contributed by atoms with E-state index in [-0.39, 0.29) is 19.5 Å². The summed E-state index contributed by atoms with van der Waals surface area (Å²) in [6.07, 6.45) is 6.60. The van der Waals surface area contributed by atoms with Gasteiger partial charge in [0.1, 0.15) is 0 Å². The first-order valence-electron chi connectivity index (χ1n) is 21.9. The van der Waals surface area contributed by atoms with Gasteiger partial charge in [0, 0.05) is 25.4 Å². The summed E-state index contributed by atoms with van der Waals surface area (Å²) in [6.45, 7) is 11.9. The van der Waals surface area contributed by atoms with Gasteiger partial charge in [-0.15, -0.1) is 0 Å². The van der Waals surface area contributed by atoms with Crippen molar-refractivity contribution in [2.75, 3.05) is 45.4 Å². The molecular weight excluding hydrogens is 989 g/mol. The molecule has 5 aromatic carbocycles.